The summed E-state index contributed by atoms with van der Waals surface area (Å²) in [6.07, 6.45) is 0. The third-order valence-electron chi connectivity index (χ3n) is 3.77. The van der Waals surface area contributed by atoms with E-state index in [1.807, 2.05) is 0 Å². The molecule has 0 saturated heterocycles. The first-order chi connectivity index (χ1) is 12.9. The van der Waals surface area contributed by atoms with Crippen LogP contribution >= 0.6 is 0 Å². The number of para-hydroxylation sites is 2. The molecule has 27 heavy (non-hydrogen) atoms. The van der Waals surface area contributed by atoms with Crippen molar-refractivity contribution < 1.29 is 23.1 Å². The molecule has 0 saturated carbocycles. The van der Waals surface area contributed by atoms with Gasteiger partial charge in [-0.1, -0.05) is 19.1 Å². The summed E-state index contributed by atoms with van der Waals surface area (Å²) in [6.45, 7) is 2.00. The average Bonchev–Trinajstić information content (AvgIpc) is 2.64. The lowest BCUT2D eigenvalue weighted by Gasteiger charge is -2.20. The van der Waals surface area contributed by atoms with Gasteiger partial charge < -0.3 is 15.4 Å². The minimum atomic E-state index is -0.735. The lowest BCUT2D eigenvalue weighted by Crippen LogP contribution is -2.38. The van der Waals surface area contributed by atoms with Crippen molar-refractivity contribution in [3.05, 3.63) is 54.1 Å². The summed E-state index contributed by atoms with van der Waals surface area (Å²) in [5.41, 5.74) is 0.280. The molecule has 2 aromatic rings. The third-order valence-corrected chi connectivity index (χ3v) is 3.77. The molecule has 0 atom stereocenters. The molecule has 0 bridgehead atoms. The molecular formula is C19H21F2N3O3. The van der Waals surface area contributed by atoms with Crippen LogP contribution in [0.15, 0.2) is 42.5 Å². The zero-order valence-electron chi connectivity index (χ0n) is 15.1. The summed E-state index contributed by atoms with van der Waals surface area (Å²) in [5.74, 6) is -1.75. The monoisotopic (exact) mass is 377 g/mol. The average molecular weight is 377 g/mol. The molecule has 0 aliphatic rings. The van der Waals surface area contributed by atoms with Crippen LogP contribution in [0.4, 0.5) is 20.2 Å². The maximum absolute atomic E-state index is 13.6. The fourth-order valence-electron chi connectivity index (χ4n) is 2.41. The van der Waals surface area contributed by atoms with E-state index in [-0.39, 0.29) is 24.7 Å². The van der Waals surface area contributed by atoms with Gasteiger partial charge in [0.1, 0.15) is 17.4 Å². The molecule has 6 nitrogen and oxygen atoms in total. The number of ether oxygens (including phenoxy) is 1. The van der Waals surface area contributed by atoms with Crippen molar-refractivity contribution in [1.29, 1.82) is 0 Å². The van der Waals surface area contributed by atoms with Gasteiger partial charge in [0.2, 0.25) is 11.8 Å². The number of carbonyl (C=O) groups excluding carboxylic acids is 2. The van der Waals surface area contributed by atoms with Gasteiger partial charge in [0.25, 0.3) is 0 Å². The second kappa shape index (κ2) is 9.63. The number of hydrogen-bond donors (Lipinski definition) is 2. The molecule has 8 heteroatoms. The maximum Gasteiger partial charge on any atom is 0.238 e. The van der Waals surface area contributed by atoms with Gasteiger partial charge in [0.05, 0.1) is 31.6 Å². The van der Waals surface area contributed by atoms with Crippen LogP contribution in [-0.4, -0.2) is 43.5 Å². The molecule has 0 aliphatic heterocycles. The van der Waals surface area contributed by atoms with Crippen molar-refractivity contribution in [2.24, 2.45) is 0 Å². The van der Waals surface area contributed by atoms with Crippen molar-refractivity contribution in [3.8, 4) is 5.75 Å². The first kappa shape index (κ1) is 20.3. The Kier molecular flexibility index (Phi) is 7.25. The van der Waals surface area contributed by atoms with Gasteiger partial charge in [0.15, 0.2) is 0 Å². The van der Waals surface area contributed by atoms with Crippen molar-refractivity contribution in [2.75, 3.05) is 37.4 Å². The Balaban J connectivity index is 1.93. The van der Waals surface area contributed by atoms with Crippen LogP contribution in [0.1, 0.15) is 6.92 Å². The van der Waals surface area contributed by atoms with Crippen molar-refractivity contribution in [2.45, 2.75) is 6.92 Å². The Bertz CT molecular complexity index is 815. The second-order valence-electron chi connectivity index (χ2n) is 5.72. The number of halogens is 2. The van der Waals surface area contributed by atoms with Gasteiger partial charge in [-0.05, 0) is 30.8 Å². The van der Waals surface area contributed by atoms with E-state index in [9.17, 15) is 18.4 Å². The van der Waals surface area contributed by atoms with E-state index in [1.54, 1.807) is 36.1 Å². The van der Waals surface area contributed by atoms with Gasteiger partial charge in [-0.15, -0.1) is 0 Å². The van der Waals surface area contributed by atoms with Gasteiger partial charge in [-0.3, -0.25) is 14.5 Å². The Hall–Kier alpha value is -3.00. The fraction of sp³-hybridized carbons (Fsp3) is 0.263. The quantitative estimate of drug-likeness (QED) is 0.742. The Labute approximate surface area is 156 Å². The molecule has 2 amide bonds. The molecular weight excluding hydrogens is 356 g/mol. The minimum absolute atomic E-state index is 0.0480. The summed E-state index contributed by atoms with van der Waals surface area (Å²) in [7, 11) is 1.50. The highest BCUT2D eigenvalue weighted by Gasteiger charge is 2.16. The lowest BCUT2D eigenvalue weighted by molar-refractivity contribution is -0.119. The van der Waals surface area contributed by atoms with E-state index in [0.717, 1.165) is 18.2 Å². The van der Waals surface area contributed by atoms with Gasteiger partial charge in [0, 0.05) is 6.07 Å². The summed E-state index contributed by atoms with van der Waals surface area (Å²) >= 11 is 0. The normalized spacial score (nSPS) is 10.6. The van der Waals surface area contributed by atoms with Crippen LogP contribution in [0.2, 0.25) is 0 Å². The number of benzene rings is 2. The predicted octanol–water partition coefficient (Wildman–Crippen LogP) is 2.87. The van der Waals surface area contributed by atoms with Crippen LogP contribution in [0.25, 0.3) is 0 Å². The number of hydrogen-bond acceptors (Lipinski definition) is 4. The number of methoxy groups -OCH3 is 1. The van der Waals surface area contributed by atoms with E-state index >= 15 is 0 Å². The van der Waals surface area contributed by atoms with E-state index in [1.165, 1.54) is 7.11 Å². The standard InChI is InChI=1S/C19H21F2N3O3/c1-3-24(11-18(25)22-15-6-4-5-7-17(15)27-2)12-19(26)23-16-10-13(20)8-9-14(16)21/h4-10H,3,11-12H2,1-2H3,(H,22,25)(H,23,26). The Morgan fingerprint density at radius 2 is 1.63 bits per heavy atom. The number of nitrogens with zero attached hydrogens (tertiary/aromatic N) is 1. The minimum Gasteiger partial charge on any atom is -0.495 e. The third kappa shape index (κ3) is 6.03. The Morgan fingerprint density at radius 3 is 2.26 bits per heavy atom. The predicted molar refractivity (Wildman–Crippen MR) is 98.7 cm³/mol. The molecule has 2 aromatic carbocycles. The Morgan fingerprint density at radius 1 is 1.00 bits per heavy atom. The molecule has 2 N–H and O–H groups in total. The molecule has 0 heterocycles. The number of likely N-dealkylation sites (N-methyl/N-ethyl adjacent to an activating group) is 1. The van der Waals surface area contributed by atoms with E-state index in [2.05, 4.69) is 10.6 Å². The highest BCUT2D eigenvalue weighted by Crippen LogP contribution is 2.22. The molecule has 0 aliphatic carbocycles. The lowest BCUT2D eigenvalue weighted by atomic mass is 10.3. The van der Waals surface area contributed by atoms with Crippen LogP contribution in [0, 0.1) is 11.6 Å². The molecule has 0 unspecified atom stereocenters. The summed E-state index contributed by atoms with van der Waals surface area (Å²) in [6, 6.07) is 9.76. The maximum atomic E-state index is 13.6. The number of amides is 2. The zero-order chi connectivity index (χ0) is 19.8. The van der Waals surface area contributed by atoms with E-state index in [0.29, 0.717) is 18.0 Å². The summed E-state index contributed by atoms with van der Waals surface area (Å²) in [4.78, 5) is 25.9. The van der Waals surface area contributed by atoms with Gasteiger partial charge in [-0.2, -0.15) is 0 Å². The van der Waals surface area contributed by atoms with Gasteiger partial charge >= 0.3 is 0 Å². The number of nitrogens with one attached hydrogen (secondary N) is 2. The first-order valence-electron chi connectivity index (χ1n) is 8.33. The van der Waals surface area contributed by atoms with Gasteiger partial charge in [-0.25, -0.2) is 8.78 Å². The molecule has 0 spiro atoms. The summed E-state index contributed by atoms with van der Waals surface area (Å²) < 4.78 is 31.9. The first-order valence-corrected chi connectivity index (χ1v) is 8.33. The highest BCUT2D eigenvalue weighted by molar-refractivity contribution is 5.95. The largest absolute Gasteiger partial charge is 0.495 e. The number of rotatable bonds is 8. The molecule has 0 radical (unpaired) electrons. The second-order valence-corrected chi connectivity index (χ2v) is 5.72. The van der Waals surface area contributed by atoms with E-state index in [4.69, 9.17) is 4.74 Å². The van der Waals surface area contributed by atoms with Crippen molar-refractivity contribution in [1.82, 2.24) is 4.90 Å². The van der Waals surface area contributed by atoms with Crippen LogP contribution in [0.5, 0.6) is 5.75 Å². The smallest absolute Gasteiger partial charge is 0.238 e. The van der Waals surface area contributed by atoms with Crippen molar-refractivity contribution in [3.63, 3.8) is 0 Å². The fourth-order valence-corrected chi connectivity index (χ4v) is 2.41. The number of carbonyl (C=O) groups is 2. The zero-order valence-corrected chi connectivity index (χ0v) is 15.1. The molecule has 2 rings (SSSR count). The molecule has 0 fully saturated rings. The van der Waals surface area contributed by atoms with E-state index < -0.39 is 17.5 Å². The highest BCUT2D eigenvalue weighted by atomic mass is 19.1. The topological polar surface area (TPSA) is 70.7 Å². The van der Waals surface area contributed by atoms with Crippen molar-refractivity contribution >= 4 is 23.2 Å². The molecule has 144 valence electrons. The summed E-state index contributed by atoms with van der Waals surface area (Å²) in [5, 5.41) is 5.03. The van der Waals surface area contributed by atoms with Crippen LogP contribution in [0.3, 0.4) is 0 Å². The van der Waals surface area contributed by atoms with Crippen LogP contribution < -0.4 is 15.4 Å². The SMILES string of the molecule is CCN(CC(=O)Nc1cc(F)ccc1F)CC(=O)Nc1ccccc1OC. The van der Waals surface area contributed by atoms with Crippen LogP contribution in [-0.2, 0) is 9.59 Å². The number of anilines is 2. The molecule has 0 aromatic heterocycles.